The molecular weight excluding hydrogens is 600 g/mol. The summed E-state index contributed by atoms with van der Waals surface area (Å²) in [7, 11) is 0. The van der Waals surface area contributed by atoms with Crippen molar-refractivity contribution in [1.29, 1.82) is 0 Å². The largest absolute Gasteiger partial charge is 0.446 e. The highest BCUT2D eigenvalue weighted by molar-refractivity contribution is 5.85. The molecule has 3 atom stereocenters. The van der Waals surface area contributed by atoms with Gasteiger partial charge in [0.2, 0.25) is 0 Å². The predicted octanol–water partition coefficient (Wildman–Crippen LogP) is 7.45. The monoisotopic (exact) mass is 656 g/mol. The second kappa shape index (κ2) is 20.2. The van der Waals surface area contributed by atoms with Crippen molar-refractivity contribution in [2.45, 2.75) is 123 Å². The molecule has 256 valence electrons. The zero-order chi connectivity index (χ0) is 31.9. The number of ether oxygens (including phenoxy) is 1. The topological polar surface area (TPSA) is 128 Å². The van der Waals surface area contributed by atoms with Gasteiger partial charge in [0.25, 0.3) is 0 Å². The average Bonchev–Trinajstić information content (AvgIpc) is 3.66. The molecule has 3 heterocycles. The van der Waals surface area contributed by atoms with Crippen LogP contribution in [0.25, 0.3) is 0 Å². The minimum atomic E-state index is -0.157. The lowest BCUT2D eigenvalue weighted by atomic mass is 9.75. The quantitative estimate of drug-likeness (QED) is 0.128. The third-order valence-electron chi connectivity index (χ3n) is 9.26. The molecule has 4 rings (SSSR count). The van der Waals surface area contributed by atoms with E-state index in [4.69, 9.17) is 10.5 Å². The number of carbonyl (C=O) groups excluding carboxylic acids is 1. The summed E-state index contributed by atoms with van der Waals surface area (Å²) in [5, 5.41) is 8.72. The molecule has 46 heavy (non-hydrogen) atoms. The number of pyridine rings is 1. The zero-order valence-electron chi connectivity index (χ0n) is 28.3. The second-order valence-corrected chi connectivity index (χ2v) is 13.4. The standard InChI is InChI=1S/C35H56N8O2.ClH/c1-27(2)32-18-17-28(3)24-33(32)45-35(44)42(23-19-29-14-10-11-20-37-29)21-12-6-4-9-16-31-26-43(41-40-31)22-13-7-5-8-15-30-25-38-34(36)39-30;/h10-11,14,20,25-28,32-33H,4-9,12-13,15-19,21-24H2,1-3H3,(H3,36,38,39);1H/t28-,32+,33-;/m1./s1. The molecule has 1 fully saturated rings. The Morgan fingerprint density at radius 3 is 2.52 bits per heavy atom. The van der Waals surface area contributed by atoms with Gasteiger partial charge in [-0.3, -0.25) is 9.67 Å². The van der Waals surface area contributed by atoms with E-state index in [9.17, 15) is 4.79 Å². The number of nitrogen functional groups attached to an aromatic ring is 1. The summed E-state index contributed by atoms with van der Waals surface area (Å²) in [6.07, 6.45) is 20.4. The number of amides is 1. The van der Waals surface area contributed by atoms with Crippen molar-refractivity contribution < 1.29 is 9.53 Å². The lowest BCUT2D eigenvalue weighted by molar-refractivity contribution is -0.0103. The molecule has 0 bridgehead atoms. The first kappa shape index (κ1) is 37.3. The number of nitrogens with zero attached hydrogens (tertiary/aromatic N) is 6. The first-order chi connectivity index (χ1) is 21.9. The molecule has 3 N–H and O–H groups in total. The summed E-state index contributed by atoms with van der Waals surface area (Å²) in [6.45, 7) is 9.04. The summed E-state index contributed by atoms with van der Waals surface area (Å²) in [5.74, 6) is 2.06. The molecule has 0 aromatic carbocycles. The van der Waals surface area contributed by atoms with Crippen LogP contribution >= 0.6 is 12.4 Å². The van der Waals surface area contributed by atoms with Crippen LogP contribution in [0.4, 0.5) is 10.7 Å². The molecule has 11 heteroatoms. The fraction of sp³-hybridized carbons (Fsp3) is 0.686. The van der Waals surface area contributed by atoms with Crippen LogP contribution in [0, 0.1) is 17.8 Å². The highest BCUT2D eigenvalue weighted by atomic mass is 35.5. The van der Waals surface area contributed by atoms with E-state index >= 15 is 0 Å². The molecule has 0 spiro atoms. The molecule has 0 saturated heterocycles. The number of carbonyl (C=O) groups is 1. The number of unbranched alkanes of at least 4 members (excludes halogenated alkanes) is 6. The number of nitrogens with one attached hydrogen (secondary N) is 1. The Labute approximate surface area is 282 Å². The number of aromatic nitrogens is 6. The van der Waals surface area contributed by atoms with E-state index in [-0.39, 0.29) is 24.6 Å². The van der Waals surface area contributed by atoms with E-state index in [1.54, 1.807) is 0 Å². The normalized spacial score (nSPS) is 18.0. The van der Waals surface area contributed by atoms with Crippen molar-refractivity contribution in [1.82, 2.24) is 34.8 Å². The van der Waals surface area contributed by atoms with Crippen LogP contribution in [0.5, 0.6) is 0 Å². The smallest absolute Gasteiger partial charge is 0.410 e. The van der Waals surface area contributed by atoms with Gasteiger partial charge in [-0.25, -0.2) is 9.78 Å². The minimum absolute atomic E-state index is 0. The van der Waals surface area contributed by atoms with Gasteiger partial charge in [0.1, 0.15) is 6.10 Å². The van der Waals surface area contributed by atoms with E-state index < -0.39 is 0 Å². The first-order valence-corrected chi connectivity index (χ1v) is 17.4. The third-order valence-corrected chi connectivity index (χ3v) is 9.26. The van der Waals surface area contributed by atoms with Crippen LogP contribution in [0.2, 0.25) is 0 Å². The maximum absolute atomic E-state index is 13.5. The number of halogens is 1. The summed E-state index contributed by atoms with van der Waals surface area (Å²) in [5.41, 5.74) is 8.81. The van der Waals surface area contributed by atoms with Gasteiger partial charge in [-0.1, -0.05) is 64.2 Å². The second-order valence-electron chi connectivity index (χ2n) is 13.4. The van der Waals surface area contributed by atoms with Crippen LogP contribution < -0.4 is 5.73 Å². The Kier molecular flexibility index (Phi) is 16.4. The summed E-state index contributed by atoms with van der Waals surface area (Å²) < 4.78 is 8.21. The number of hydrogen-bond donors (Lipinski definition) is 2. The molecular formula is C35H57ClN8O2. The van der Waals surface area contributed by atoms with Gasteiger partial charge in [0.15, 0.2) is 5.95 Å². The highest BCUT2D eigenvalue weighted by Gasteiger charge is 2.34. The maximum atomic E-state index is 13.5. The number of aryl methyl sites for hydroxylation is 3. The fourth-order valence-electron chi connectivity index (χ4n) is 6.52. The zero-order valence-corrected chi connectivity index (χ0v) is 29.1. The van der Waals surface area contributed by atoms with E-state index in [0.717, 1.165) is 94.3 Å². The Balaban J connectivity index is 0.00000576. The van der Waals surface area contributed by atoms with Gasteiger partial charge < -0.3 is 20.4 Å². The summed E-state index contributed by atoms with van der Waals surface area (Å²) >= 11 is 0. The Bertz CT molecular complexity index is 1250. The molecule has 0 aliphatic heterocycles. The lowest BCUT2D eigenvalue weighted by Gasteiger charge is -2.37. The first-order valence-electron chi connectivity index (χ1n) is 17.4. The van der Waals surface area contributed by atoms with Gasteiger partial charge in [-0.05, 0) is 81.3 Å². The molecule has 10 nitrogen and oxygen atoms in total. The number of imidazole rings is 1. The summed E-state index contributed by atoms with van der Waals surface area (Å²) in [6, 6.07) is 5.96. The fourth-order valence-corrected chi connectivity index (χ4v) is 6.52. The van der Waals surface area contributed by atoms with Crippen molar-refractivity contribution >= 4 is 24.4 Å². The number of anilines is 1. The van der Waals surface area contributed by atoms with Crippen molar-refractivity contribution in [3.8, 4) is 0 Å². The van der Waals surface area contributed by atoms with E-state index in [0.29, 0.717) is 36.8 Å². The number of nitrogens with two attached hydrogens (primary N) is 1. The van der Waals surface area contributed by atoms with Gasteiger partial charge in [0, 0.05) is 49.8 Å². The van der Waals surface area contributed by atoms with Crippen molar-refractivity contribution in [2.75, 3.05) is 18.8 Å². The molecule has 3 aromatic heterocycles. The maximum Gasteiger partial charge on any atom is 0.410 e. The van der Waals surface area contributed by atoms with E-state index in [1.165, 1.54) is 19.3 Å². The number of rotatable bonds is 19. The molecule has 1 aliphatic rings. The molecule has 3 aromatic rings. The van der Waals surface area contributed by atoms with E-state index in [1.807, 2.05) is 40.2 Å². The Morgan fingerprint density at radius 2 is 1.78 bits per heavy atom. The van der Waals surface area contributed by atoms with Crippen LogP contribution in [-0.4, -0.2) is 60.1 Å². The number of hydrogen-bond acceptors (Lipinski definition) is 7. The summed E-state index contributed by atoms with van der Waals surface area (Å²) in [4.78, 5) is 27.0. The highest BCUT2D eigenvalue weighted by Crippen LogP contribution is 2.35. The van der Waals surface area contributed by atoms with Crippen molar-refractivity contribution in [2.24, 2.45) is 17.8 Å². The predicted molar refractivity (Wildman–Crippen MR) is 186 cm³/mol. The lowest BCUT2D eigenvalue weighted by Crippen LogP contribution is -2.41. The van der Waals surface area contributed by atoms with Gasteiger partial charge in [-0.2, -0.15) is 0 Å². The average molecular weight is 657 g/mol. The Hall–Kier alpha value is -3.14. The van der Waals surface area contributed by atoms with E-state index in [2.05, 4.69) is 52.2 Å². The van der Waals surface area contributed by atoms with Crippen LogP contribution in [-0.2, 0) is 30.5 Å². The van der Waals surface area contributed by atoms with Crippen LogP contribution in [0.1, 0.15) is 108 Å². The molecule has 1 aliphatic carbocycles. The van der Waals surface area contributed by atoms with Gasteiger partial charge in [-0.15, -0.1) is 17.5 Å². The third kappa shape index (κ3) is 12.9. The minimum Gasteiger partial charge on any atom is -0.446 e. The van der Waals surface area contributed by atoms with Gasteiger partial charge >= 0.3 is 6.09 Å². The number of H-pyrrole nitrogens is 1. The molecule has 1 saturated carbocycles. The van der Waals surface area contributed by atoms with Gasteiger partial charge in [0.05, 0.1) is 11.9 Å². The van der Waals surface area contributed by atoms with Crippen molar-refractivity contribution in [3.63, 3.8) is 0 Å². The SMILES string of the molecule is CC(C)[C@@H]1CC[C@@H](C)C[C@H]1OC(=O)N(CCCCCCc1cn(CCCCCCc2cnc(N)[nH]2)nn1)CCc1ccccn1.Cl. The van der Waals surface area contributed by atoms with Crippen LogP contribution in [0.3, 0.4) is 0 Å². The number of aromatic amines is 1. The molecule has 0 radical (unpaired) electrons. The molecule has 0 unspecified atom stereocenters. The van der Waals surface area contributed by atoms with Crippen molar-refractivity contribution in [3.05, 3.63) is 53.9 Å². The molecule has 1 amide bonds. The Morgan fingerprint density at radius 1 is 1.00 bits per heavy atom. The van der Waals surface area contributed by atoms with Crippen LogP contribution in [0.15, 0.2) is 36.8 Å².